The Labute approximate surface area is 95.8 Å². The lowest BCUT2D eigenvalue weighted by Crippen LogP contribution is -2.32. The van der Waals surface area contributed by atoms with Crippen molar-refractivity contribution in [2.24, 2.45) is 0 Å². The number of hydrogen-bond acceptors (Lipinski definition) is 2. The van der Waals surface area contributed by atoms with Crippen molar-refractivity contribution in [3.05, 3.63) is 17.0 Å². The molecular weight excluding hydrogens is 202 g/mol. The predicted molar refractivity (Wildman–Crippen MR) is 62.4 cm³/mol. The fourth-order valence-corrected chi connectivity index (χ4v) is 2.06. The molecule has 0 saturated carbocycles. The number of aromatic amines is 1. The maximum Gasteiger partial charge on any atom is 0.272 e. The maximum atomic E-state index is 12.0. The minimum atomic E-state index is -0.0336. The van der Waals surface area contributed by atoms with E-state index in [1.54, 1.807) is 0 Å². The Kier molecular flexibility index (Phi) is 3.27. The second-order valence-electron chi connectivity index (χ2n) is 4.52. The van der Waals surface area contributed by atoms with Crippen molar-refractivity contribution in [1.82, 2.24) is 15.5 Å². The highest BCUT2D eigenvalue weighted by molar-refractivity contribution is 5.94. The zero-order valence-electron chi connectivity index (χ0n) is 9.97. The molecule has 16 heavy (non-hydrogen) atoms. The molecule has 0 bridgehead atoms. The van der Waals surface area contributed by atoms with Gasteiger partial charge in [0.25, 0.3) is 5.91 Å². The van der Waals surface area contributed by atoms with E-state index in [0.717, 1.165) is 36.9 Å². The van der Waals surface area contributed by atoms with Crippen molar-refractivity contribution in [2.45, 2.75) is 52.0 Å². The molecule has 2 N–H and O–H groups in total. The van der Waals surface area contributed by atoms with Crippen LogP contribution in [0, 0.1) is 0 Å². The number of aromatic nitrogens is 2. The fraction of sp³-hybridized carbons (Fsp3) is 0.667. The number of hydrogen-bond donors (Lipinski definition) is 2. The Balaban J connectivity index is 2.14. The second-order valence-corrected chi connectivity index (χ2v) is 4.52. The van der Waals surface area contributed by atoms with Crippen LogP contribution >= 0.6 is 0 Å². The number of amides is 1. The van der Waals surface area contributed by atoms with E-state index in [2.05, 4.69) is 22.4 Å². The minimum absolute atomic E-state index is 0.0336. The molecule has 0 spiro atoms. The Bertz CT molecular complexity index is 384. The molecule has 2 rings (SSSR count). The standard InChI is InChI=1S/C12H19N3O/c1-3-8(2)13-12(16)11-9-6-4-5-7-10(9)14-15-11/h8H,3-7H2,1-2H3,(H,13,16)(H,14,15)/t8-/m0/s1. The van der Waals surface area contributed by atoms with Crippen molar-refractivity contribution >= 4 is 5.91 Å². The van der Waals surface area contributed by atoms with Crippen molar-refractivity contribution in [3.63, 3.8) is 0 Å². The number of fused-ring (bicyclic) bond motifs is 1. The molecule has 1 aliphatic carbocycles. The van der Waals surface area contributed by atoms with Crippen LogP contribution in [0.25, 0.3) is 0 Å². The van der Waals surface area contributed by atoms with Crippen molar-refractivity contribution in [3.8, 4) is 0 Å². The van der Waals surface area contributed by atoms with Crippen LogP contribution < -0.4 is 5.32 Å². The topological polar surface area (TPSA) is 57.8 Å². The summed E-state index contributed by atoms with van der Waals surface area (Å²) < 4.78 is 0. The van der Waals surface area contributed by atoms with Gasteiger partial charge >= 0.3 is 0 Å². The van der Waals surface area contributed by atoms with Crippen LogP contribution in [-0.4, -0.2) is 22.1 Å². The highest BCUT2D eigenvalue weighted by atomic mass is 16.2. The van der Waals surface area contributed by atoms with Gasteiger partial charge in [-0.3, -0.25) is 9.89 Å². The third-order valence-electron chi connectivity index (χ3n) is 3.26. The molecule has 0 aliphatic heterocycles. The number of H-pyrrole nitrogens is 1. The summed E-state index contributed by atoms with van der Waals surface area (Å²) in [5.41, 5.74) is 2.89. The summed E-state index contributed by atoms with van der Waals surface area (Å²) in [4.78, 5) is 12.0. The summed E-state index contributed by atoms with van der Waals surface area (Å²) in [5, 5.41) is 10.1. The van der Waals surface area contributed by atoms with Gasteiger partial charge in [-0.05, 0) is 39.0 Å². The third kappa shape index (κ3) is 2.10. The largest absolute Gasteiger partial charge is 0.348 e. The smallest absolute Gasteiger partial charge is 0.272 e. The van der Waals surface area contributed by atoms with E-state index in [1.807, 2.05) is 6.92 Å². The Hall–Kier alpha value is -1.32. The summed E-state index contributed by atoms with van der Waals surface area (Å²) in [6, 6.07) is 0.212. The summed E-state index contributed by atoms with van der Waals surface area (Å²) in [5.74, 6) is -0.0336. The normalized spacial score (nSPS) is 16.6. The highest BCUT2D eigenvalue weighted by Gasteiger charge is 2.21. The number of nitrogens with one attached hydrogen (secondary N) is 2. The van der Waals surface area contributed by atoms with Crippen LogP contribution in [0.15, 0.2) is 0 Å². The van der Waals surface area contributed by atoms with E-state index in [0.29, 0.717) is 5.69 Å². The van der Waals surface area contributed by atoms with Gasteiger partial charge in [-0.2, -0.15) is 5.10 Å². The molecule has 0 unspecified atom stereocenters. The Morgan fingerprint density at radius 2 is 2.25 bits per heavy atom. The molecule has 0 saturated heterocycles. The van der Waals surface area contributed by atoms with Gasteiger partial charge in [0.2, 0.25) is 0 Å². The molecule has 1 aromatic heterocycles. The van der Waals surface area contributed by atoms with Crippen LogP contribution in [0.5, 0.6) is 0 Å². The number of carbonyl (C=O) groups is 1. The Morgan fingerprint density at radius 1 is 1.50 bits per heavy atom. The zero-order chi connectivity index (χ0) is 11.5. The summed E-state index contributed by atoms with van der Waals surface area (Å²) in [6.07, 6.45) is 5.31. The first-order valence-electron chi connectivity index (χ1n) is 6.09. The average Bonchev–Trinajstić information content (AvgIpc) is 2.72. The van der Waals surface area contributed by atoms with E-state index in [4.69, 9.17) is 0 Å². The first kappa shape index (κ1) is 11.2. The highest BCUT2D eigenvalue weighted by Crippen LogP contribution is 2.22. The molecule has 4 nitrogen and oxygen atoms in total. The summed E-state index contributed by atoms with van der Waals surface area (Å²) in [6.45, 7) is 4.07. The maximum absolute atomic E-state index is 12.0. The molecule has 1 aromatic rings. The number of nitrogens with zero attached hydrogens (tertiary/aromatic N) is 1. The number of carbonyl (C=O) groups excluding carboxylic acids is 1. The van der Waals surface area contributed by atoms with Gasteiger partial charge in [0.05, 0.1) is 0 Å². The number of aryl methyl sites for hydroxylation is 1. The molecule has 4 heteroatoms. The van der Waals surface area contributed by atoms with Crippen LogP contribution in [0.1, 0.15) is 54.9 Å². The molecule has 1 aliphatic rings. The lowest BCUT2D eigenvalue weighted by atomic mass is 9.95. The molecule has 1 atom stereocenters. The molecular formula is C12H19N3O. The third-order valence-corrected chi connectivity index (χ3v) is 3.26. The molecule has 1 heterocycles. The second kappa shape index (κ2) is 4.68. The fourth-order valence-electron chi connectivity index (χ4n) is 2.06. The summed E-state index contributed by atoms with van der Waals surface area (Å²) in [7, 11) is 0. The van der Waals surface area contributed by atoms with E-state index in [9.17, 15) is 4.79 Å². The first-order chi connectivity index (χ1) is 7.72. The predicted octanol–water partition coefficient (Wildman–Crippen LogP) is 1.82. The van der Waals surface area contributed by atoms with Gasteiger partial charge in [-0.25, -0.2) is 0 Å². The van der Waals surface area contributed by atoms with Crippen molar-refractivity contribution in [2.75, 3.05) is 0 Å². The molecule has 88 valence electrons. The summed E-state index contributed by atoms with van der Waals surface area (Å²) >= 11 is 0. The first-order valence-corrected chi connectivity index (χ1v) is 6.09. The lowest BCUT2D eigenvalue weighted by molar-refractivity contribution is 0.0933. The van der Waals surface area contributed by atoms with Crippen LogP contribution in [-0.2, 0) is 12.8 Å². The van der Waals surface area contributed by atoms with Gasteiger partial charge in [0, 0.05) is 17.3 Å². The monoisotopic (exact) mass is 221 g/mol. The van der Waals surface area contributed by atoms with Gasteiger partial charge < -0.3 is 5.32 Å². The average molecular weight is 221 g/mol. The molecule has 1 amide bonds. The van der Waals surface area contributed by atoms with Crippen molar-refractivity contribution in [1.29, 1.82) is 0 Å². The zero-order valence-corrected chi connectivity index (χ0v) is 9.97. The van der Waals surface area contributed by atoms with Crippen molar-refractivity contribution < 1.29 is 4.79 Å². The van der Waals surface area contributed by atoms with E-state index in [1.165, 1.54) is 6.42 Å². The van der Waals surface area contributed by atoms with E-state index in [-0.39, 0.29) is 11.9 Å². The molecule has 0 aromatic carbocycles. The van der Waals surface area contributed by atoms with Gasteiger partial charge in [-0.15, -0.1) is 0 Å². The van der Waals surface area contributed by atoms with Crippen LogP contribution in [0.2, 0.25) is 0 Å². The van der Waals surface area contributed by atoms with Gasteiger partial charge in [-0.1, -0.05) is 6.92 Å². The van der Waals surface area contributed by atoms with E-state index >= 15 is 0 Å². The Morgan fingerprint density at radius 3 is 3.00 bits per heavy atom. The SMILES string of the molecule is CC[C@H](C)NC(=O)c1n[nH]c2c1CCCC2. The minimum Gasteiger partial charge on any atom is -0.348 e. The van der Waals surface area contributed by atoms with E-state index < -0.39 is 0 Å². The van der Waals surface area contributed by atoms with Crippen LogP contribution in [0.3, 0.4) is 0 Å². The molecule has 0 radical (unpaired) electrons. The quantitative estimate of drug-likeness (QED) is 0.818. The van der Waals surface area contributed by atoms with Crippen LogP contribution in [0.4, 0.5) is 0 Å². The van der Waals surface area contributed by atoms with Gasteiger partial charge in [0.1, 0.15) is 0 Å². The lowest BCUT2D eigenvalue weighted by Gasteiger charge is -2.13. The number of rotatable bonds is 3. The van der Waals surface area contributed by atoms with Gasteiger partial charge in [0.15, 0.2) is 5.69 Å². The molecule has 0 fully saturated rings.